The summed E-state index contributed by atoms with van der Waals surface area (Å²) in [7, 11) is 1.65. The lowest BCUT2D eigenvalue weighted by Crippen LogP contribution is -2.28. The minimum absolute atomic E-state index is 0.140. The van der Waals surface area contributed by atoms with Crippen molar-refractivity contribution in [2.45, 2.75) is 39.7 Å². The Kier molecular flexibility index (Phi) is 4.46. The summed E-state index contributed by atoms with van der Waals surface area (Å²) in [5, 5.41) is 0. The van der Waals surface area contributed by atoms with Gasteiger partial charge in [-0.15, -0.1) is 0 Å². The van der Waals surface area contributed by atoms with Crippen LogP contribution in [0.25, 0.3) is 0 Å². The van der Waals surface area contributed by atoms with Crippen molar-refractivity contribution in [1.29, 1.82) is 0 Å². The summed E-state index contributed by atoms with van der Waals surface area (Å²) in [5.74, 6) is 1.71. The first-order valence-electron chi connectivity index (χ1n) is 7.25. The number of nitrogens with zero attached hydrogens (tertiary/aromatic N) is 4. The van der Waals surface area contributed by atoms with E-state index < -0.39 is 0 Å². The van der Waals surface area contributed by atoms with Crippen molar-refractivity contribution in [2.75, 3.05) is 31.8 Å². The molecule has 0 spiro atoms. The lowest BCUT2D eigenvalue weighted by atomic mass is 9.95. The zero-order valence-corrected chi connectivity index (χ0v) is 13.5. The lowest BCUT2D eigenvalue weighted by molar-refractivity contribution is -0.126. The fraction of sp³-hybridized carbons (Fsp3) is 0.667. The zero-order chi connectivity index (χ0) is 15.6. The molecule has 0 bridgehead atoms. The standard InChI is InChI=1S/C15H24N4O2/c1-6-18-10-19(8-13(18)20)12-7-11(9-21-5)16-14(17-12)15(2,3)4/h7H,6,8-10H2,1-5H3. The molecule has 6 heteroatoms. The first kappa shape index (κ1) is 15.7. The average molecular weight is 292 g/mol. The SMILES string of the molecule is CCN1CN(c2cc(COC)nc(C(C)(C)C)n2)CC1=O. The highest BCUT2D eigenvalue weighted by Crippen LogP contribution is 2.24. The Labute approximate surface area is 126 Å². The molecule has 1 amide bonds. The van der Waals surface area contributed by atoms with Crippen LogP contribution in [0.15, 0.2) is 6.07 Å². The quantitative estimate of drug-likeness (QED) is 0.842. The maximum Gasteiger partial charge on any atom is 0.243 e. The van der Waals surface area contributed by atoms with Gasteiger partial charge in [0.15, 0.2) is 0 Å². The number of anilines is 1. The maximum atomic E-state index is 11.9. The Morgan fingerprint density at radius 2 is 2.05 bits per heavy atom. The smallest absolute Gasteiger partial charge is 0.243 e. The van der Waals surface area contributed by atoms with E-state index in [1.165, 1.54) is 0 Å². The fourth-order valence-electron chi connectivity index (χ4n) is 2.23. The fourth-order valence-corrected chi connectivity index (χ4v) is 2.23. The van der Waals surface area contributed by atoms with Crippen molar-refractivity contribution in [3.8, 4) is 0 Å². The molecule has 2 heterocycles. The molecule has 1 aromatic heterocycles. The normalized spacial score (nSPS) is 16.0. The highest BCUT2D eigenvalue weighted by molar-refractivity contribution is 5.84. The van der Waals surface area contributed by atoms with Gasteiger partial charge in [-0.25, -0.2) is 9.97 Å². The molecule has 2 rings (SSSR count). The van der Waals surface area contributed by atoms with Crippen LogP contribution in [-0.4, -0.2) is 47.6 Å². The van der Waals surface area contributed by atoms with Crippen LogP contribution in [0.5, 0.6) is 0 Å². The lowest BCUT2D eigenvalue weighted by Gasteiger charge is -2.22. The summed E-state index contributed by atoms with van der Waals surface area (Å²) in [6.07, 6.45) is 0. The molecule has 0 aliphatic carbocycles. The molecular formula is C15H24N4O2. The van der Waals surface area contributed by atoms with Crippen molar-refractivity contribution >= 4 is 11.7 Å². The molecule has 0 atom stereocenters. The van der Waals surface area contributed by atoms with E-state index in [9.17, 15) is 4.79 Å². The van der Waals surface area contributed by atoms with Crippen molar-refractivity contribution in [3.05, 3.63) is 17.6 Å². The molecule has 1 saturated heterocycles. The number of carbonyl (C=O) groups excluding carboxylic acids is 1. The number of rotatable bonds is 4. The van der Waals surface area contributed by atoms with Crippen molar-refractivity contribution in [3.63, 3.8) is 0 Å². The Hall–Kier alpha value is -1.69. The second kappa shape index (κ2) is 5.97. The first-order chi connectivity index (χ1) is 9.85. The van der Waals surface area contributed by atoms with E-state index in [1.807, 2.05) is 22.8 Å². The van der Waals surface area contributed by atoms with Crippen molar-refractivity contribution in [2.24, 2.45) is 0 Å². The van der Waals surface area contributed by atoms with E-state index in [2.05, 4.69) is 30.7 Å². The van der Waals surface area contributed by atoms with Crippen molar-refractivity contribution in [1.82, 2.24) is 14.9 Å². The van der Waals surface area contributed by atoms with Gasteiger partial charge in [0, 0.05) is 25.1 Å². The summed E-state index contributed by atoms with van der Waals surface area (Å²) in [5.41, 5.74) is 0.696. The highest BCUT2D eigenvalue weighted by atomic mass is 16.5. The first-order valence-corrected chi connectivity index (χ1v) is 7.25. The largest absolute Gasteiger partial charge is 0.378 e. The number of hydrogen-bond donors (Lipinski definition) is 0. The van der Waals surface area contributed by atoms with E-state index in [4.69, 9.17) is 4.74 Å². The van der Waals surface area contributed by atoms with E-state index in [0.717, 1.165) is 23.9 Å². The Balaban J connectivity index is 2.34. The van der Waals surface area contributed by atoms with Crippen LogP contribution < -0.4 is 4.90 Å². The van der Waals surface area contributed by atoms with E-state index in [0.29, 0.717) is 19.8 Å². The van der Waals surface area contributed by atoms with Crippen LogP contribution in [0.3, 0.4) is 0 Å². The summed E-state index contributed by atoms with van der Waals surface area (Å²) >= 11 is 0. The number of carbonyl (C=O) groups is 1. The van der Waals surface area contributed by atoms with Crippen LogP contribution in [0.1, 0.15) is 39.2 Å². The molecule has 1 aliphatic heterocycles. The summed E-state index contributed by atoms with van der Waals surface area (Å²) in [6.45, 7) is 10.3. The second-order valence-corrected chi connectivity index (χ2v) is 6.31. The topological polar surface area (TPSA) is 58.6 Å². The van der Waals surface area contributed by atoms with Gasteiger partial charge in [0.25, 0.3) is 0 Å². The number of methoxy groups -OCH3 is 1. The minimum Gasteiger partial charge on any atom is -0.378 e. The predicted molar refractivity (Wildman–Crippen MR) is 81.0 cm³/mol. The van der Waals surface area contributed by atoms with Crippen LogP contribution in [0, 0.1) is 0 Å². The molecule has 0 N–H and O–H groups in total. The van der Waals surface area contributed by atoms with E-state index in [-0.39, 0.29) is 11.3 Å². The average Bonchev–Trinajstić information content (AvgIpc) is 2.79. The van der Waals surface area contributed by atoms with Gasteiger partial charge in [-0.1, -0.05) is 20.8 Å². The van der Waals surface area contributed by atoms with Crippen LogP contribution in [-0.2, 0) is 21.6 Å². The second-order valence-electron chi connectivity index (χ2n) is 6.31. The third kappa shape index (κ3) is 3.50. The summed E-state index contributed by atoms with van der Waals surface area (Å²) in [6, 6.07) is 1.91. The Morgan fingerprint density at radius 1 is 1.33 bits per heavy atom. The number of amides is 1. The predicted octanol–water partition coefficient (Wildman–Crippen LogP) is 1.55. The molecular weight excluding hydrogens is 268 g/mol. The van der Waals surface area contributed by atoms with Gasteiger partial charge in [-0.3, -0.25) is 4.79 Å². The molecule has 21 heavy (non-hydrogen) atoms. The summed E-state index contributed by atoms with van der Waals surface area (Å²) in [4.78, 5) is 24.9. The number of aromatic nitrogens is 2. The summed E-state index contributed by atoms with van der Waals surface area (Å²) < 4.78 is 5.19. The van der Waals surface area contributed by atoms with Crippen LogP contribution in [0.2, 0.25) is 0 Å². The number of hydrogen-bond acceptors (Lipinski definition) is 5. The van der Waals surface area contributed by atoms with Crippen LogP contribution in [0.4, 0.5) is 5.82 Å². The monoisotopic (exact) mass is 292 g/mol. The maximum absolute atomic E-state index is 11.9. The molecule has 6 nitrogen and oxygen atoms in total. The van der Waals surface area contributed by atoms with Gasteiger partial charge in [0.2, 0.25) is 5.91 Å². The van der Waals surface area contributed by atoms with Gasteiger partial charge in [-0.2, -0.15) is 0 Å². The van der Waals surface area contributed by atoms with E-state index >= 15 is 0 Å². The molecule has 0 saturated carbocycles. The van der Waals surface area contributed by atoms with Gasteiger partial charge in [0.1, 0.15) is 18.2 Å². The zero-order valence-electron chi connectivity index (χ0n) is 13.5. The third-order valence-electron chi connectivity index (χ3n) is 3.45. The highest BCUT2D eigenvalue weighted by Gasteiger charge is 2.28. The molecule has 1 fully saturated rings. The molecule has 0 unspecified atom stereocenters. The third-order valence-corrected chi connectivity index (χ3v) is 3.45. The Bertz CT molecular complexity index is 525. The van der Waals surface area contributed by atoms with E-state index in [1.54, 1.807) is 7.11 Å². The molecule has 1 aliphatic rings. The molecule has 1 aromatic rings. The number of likely N-dealkylation sites (N-methyl/N-ethyl adjacent to an activating group) is 1. The van der Waals surface area contributed by atoms with Gasteiger partial charge < -0.3 is 14.5 Å². The van der Waals surface area contributed by atoms with Gasteiger partial charge in [0.05, 0.1) is 19.0 Å². The number of ether oxygens (including phenoxy) is 1. The van der Waals surface area contributed by atoms with Crippen molar-refractivity contribution < 1.29 is 9.53 Å². The molecule has 0 radical (unpaired) electrons. The minimum atomic E-state index is -0.146. The Morgan fingerprint density at radius 3 is 2.57 bits per heavy atom. The van der Waals surface area contributed by atoms with Crippen LogP contribution >= 0.6 is 0 Å². The van der Waals surface area contributed by atoms with Gasteiger partial charge >= 0.3 is 0 Å². The molecule has 0 aromatic carbocycles. The van der Waals surface area contributed by atoms with Gasteiger partial charge in [-0.05, 0) is 6.92 Å². The molecule has 116 valence electrons.